The van der Waals surface area contributed by atoms with Gasteiger partial charge in [0.15, 0.2) is 5.78 Å². The number of fused-ring (bicyclic) bond motifs is 1. The molecule has 2 rings (SSSR count). The third-order valence-corrected chi connectivity index (χ3v) is 4.58. The van der Waals surface area contributed by atoms with Crippen LogP contribution in [0, 0.1) is 23.2 Å². The lowest BCUT2D eigenvalue weighted by Crippen LogP contribution is -2.17. The van der Waals surface area contributed by atoms with Crippen molar-refractivity contribution >= 4 is 17.1 Å². The molecule has 0 N–H and O–H groups in total. The molecule has 17 heavy (non-hydrogen) atoms. The van der Waals surface area contributed by atoms with Crippen molar-refractivity contribution in [1.29, 1.82) is 5.26 Å². The van der Waals surface area contributed by atoms with E-state index in [4.69, 9.17) is 5.26 Å². The van der Waals surface area contributed by atoms with E-state index in [2.05, 4.69) is 6.07 Å². The predicted molar refractivity (Wildman–Crippen MR) is 69.2 cm³/mol. The SMILES string of the molecule is CC(C)C(C#N)C(=O)c1cc2c(s1)CCCC2. The van der Waals surface area contributed by atoms with Gasteiger partial charge in [0.1, 0.15) is 5.92 Å². The maximum atomic E-state index is 12.2. The van der Waals surface area contributed by atoms with Crippen LogP contribution in [0.1, 0.15) is 46.8 Å². The Hall–Kier alpha value is -1.14. The van der Waals surface area contributed by atoms with E-state index in [0.717, 1.165) is 17.7 Å². The summed E-state index contributed by atoms with van der Waals surface area (Å²) in [5.74, 6) is -0.386. The average molecular weight is 247 g/mol. The van der Waals surface area contributed by atoms with Gasteiger partial charge >= 0.3 is 0 Å². The summed E-state index contributed by atoms with van der Waals surface area (Å²) in [6.07, 6.45) is 4.65. The molecule has 0 saturated carbocycles. The molecule has 1 heterocycles. The number of ketones is 1. The zero-order valence-electron chi connectivity index (χ0n) is 10.3. The zero-order valence-corrected chi connectivity index (χ0v) is 11.1. The number of rotatable bonds is 3. The molecule has 1 aliphatic rings. The first-order valence-corrected chi connectivity index (χ1v) is 7.00. The van der Waals surface area contributed by atoms with Crippen molar-refractivity contribution in [3.05, 3.63) is 21.4 Å². The third kappa shape index (κ3) is 2.42. The van der Waals surface area contributed by atoms with Crippen LogP contribution in [0.4, 0.5) is 0 Å². The van der Waals surface area contributed by atoms with Crippen LogP contribution in [0.15, 0.2) is 6.07 Å². The van der Waals surface area contributed by atoms with Crippen LogP contribution in [0.2, 0.25) is 0 Å². The molecule has 3 heteroatoms. The van der Waals surface area contributed by atoms with E-state index in [-0.39, 0.29) is 11.7 Å². The molecule has 0 fully saturated rings. The lowest BCUT2D eigenvalue weighted by atomic mass is 9.91. The lowest BCUT2D eigenvalue weighted by Gasteiger charge is -2.09. The zero-order chi connectivity index (χ0) is 12.4. The quantitative estimate of drug-likeness (QED) is 0.766. The van der Waals surface area contributed by atoms with Crippen LogP contribution in [0.5, 0.6) is 0 Å². The first kappa shape index (κ1) is 12.3. The molecule has 0 spiro atoms. The molecule has 1 aliphatic carbocycles. The number of hydrogen-bond acceptors (Lipinski definition) is 3. The van der Waals surface area contributed by atoms with Crippen LogP contribution >= 0.6 is 11.3 Å². The number of thiophene rings is 1. The topological polar surface area (TPSA) is 40.9 Å². The van der Waals surface area contributed by atoms with Gasteiger partial charge in [-0.2, -0.15) is 5.26 Å². The monoisotopic (exact) mass is 247 g/mol. The van der Waals surface area contributed by atoms with Gasteiger partial charge in [0.2, 0.25) is 0 Å². The van der Waals surface area contributed by atoms with Crippen molar-refractivity contribution in [2.24, 2.45) is 11.8 Å². The van der Waals surface area contributed by atoms with Crippen molar-refractivity contribution in [3.63, 3.8) is 0 Å². The molecule has 0 radical (unpaired) electrons. The van der Waals surface area contributed by atoms with Gasteiger partial charge in [-0.3, -0.25) is 4.79 Å². The second-order valence-corrected chi connectivity index (χ2v) is 6.12. The summed E-state index contributed by atoms with van der Waals surface area (Å²) in [4.78, 5) is 14.4. The Kier molecular flexibility index (Phi) is 3.63. The highest BCUT2D eigenvalue weighted by Crippen LogP contribution is 2.31. The first-order chi connectivity index (χ1) is 8.13. The second kappa shape index (κ2) is 5.01. The average Bonchev–Trinajstić information content (AvgIpc) is 2.72. The summed E-state index contributed by atoms with van der Waals surface area (Å²) >= 11 is 1.60. The van der Waals surface area contributed by atoms with Gasteiger partial charge in [-0.15, -0.1) is 11.3 Å². The third-order valence-electron chi connectivity index (χ3n) is 3.33. The molecule has 1 aromatic rings. The van der Waals surface area contributed by atoms with Gasteiger partial charge in [-0.05, 0) is 43.2 Å². The Morgan fingerprint density at radius 3 is 2.71 bits per heavy atom. The highest BCUT2D eigenvalue weighted by Gasteiger charge is 2.26. The van der Waals surface area contributed by atoms with E-state index in [1.54, 1.807) is 11.3 Å². The van der Waals surface area contributed by atoms with Crippen molar-refractivity contribution in [3.8, 4) is 6.07 Å². The summed E-state index contributed by atoms with van der Waals surface area (Å²) in [6.45, 7) is 3.86. The standard InChI is InChI=1S/C14H17NOS/c1-9(2)11(8-15)14(16)13-7-10-5-3-4-6-12(10)17-13/h7,9,11H,3-6H2,1-2H3. The molecule has 0 aromatic carbocycles. The molecular formula is C14H17NOS. The van der Waals surface area contributed by atoms with Gasteiger partial charge in [0.05, 0.1) is 10.9 Å². The van der Waals surface area contributed by atoms with E-state index < -0.39 is 5.92 Å². The van der Waals surface area contributed by atoms with Gasteiger partial charge in [-0.25, -0.2) is 0 Å². The fourth-order valence-corrected chi connectivity index (χ4v) is 3.51. The maximum absolute atomic E-state index is 12.2. The van der Waals surface area contributed by atoms with Crippen LogP contribution in [0.3, 0.4) is 0 Å². The van der Waals surface area contributed by atoms with Crippen LogP contribution in [-0.2, 0) is 12.8 Å². The number of carbonyl (C=O) groups is 1. The number of nitrogens with zero attached hydrogens (tertiary/aromatic N) is 1. The van der Waals surface area contributed by atoms with Gasteiger partial charge < -0.3 is 0 Å². The molecule has 0 aliphatic heterocycles. The van der Waals surface area contributed by atoms with Crippen LogP contribution in [-0.4, -0.2) is 5.78 Å². The van der Waals surface area contributed by atoms with E-state index in [0.29, 0.717) is 0 Å². The Morgan fingerprint density at radius 1 is 1.41 bits per heavy atom. The van der Waals surface area contributed by atoms with Gasteiger partial charge in [0, 0.05) is 4.88 Å². The summed E-state index contributed by atoms with van der Waals surface area (Å²) in [5.41, 5.74) is 1.34. The number of carbonyl (C=O) groups excluding carboxylic acids is 1. The first-order valence-electron chi connectivity index (χ1n) is 6.19. The Labute approximate surface area is 106 Å². The van der Waals surface area contributed by atoms with Crippen LogP contribution in [0.25, 0.3) is 0 Å². The molecular weight excluding hydrogens is 230 g/mol. The molecule has 0 amide bonds. The normalized spacial score (nSPS) is 16.4. The molecule has 1 unspecified atom stereocenters. The fourth-order valence-electron chi connectivity index (χ4n) is 2.28. The van der Waals surface area contributed by atoms with Crippen molar-refractivity contribution < 1.29 is 4.79 Å². The number of aryl methyl sites for hydroxylation is 2. The predicted octanol–water partition coefficient (Wildman–Crippen LogP) is 3.61. The minimum Gasteiger partial charge on any atom is -0.292 e. The highest BCUT2D eigenvalue weighted by atomic mass is 32.1. The van der Waals surface area contributed by atoms with Gasteiger partial charge in [-0.1, -0.05) is 13.8 Å². The van der Waals surface area contributed by atoms with Crippen molar-refractivity contribution in [2.45, 2.75) is 39.5 Å². The fraction of sp³-hybridized carbons (Fsp3) is 0.571. The molecule has 90 valence electrons. The van der Waals surface area contributed by atoms with Crippen molar-refractivity contribution in [2.75, 3.05) is 0 Å². The number of hydrogen-bond donors (Lipinski definition) is 0. The minimum atomic E-state index is -0.491. The molecule has 2 nitrogen and oxygen atoms in total. The molecule has 1 aromatic heterocycles. The smallest absolute Gasteiger partial charge is 0.190 e. The molecule has 0 bridgehead atoms. The molecule has 0 saturated heterocycles. The largest absolute Gasteiger partial charge is 0.292 e. The second-order valence-electron chi connectivity index (χ2n) is 4.98. The van der Waals surface area contributed by atoms with E-state index in [1.165, 1.54) is 23.3 Å². The van der Waals surface area contributed by atoms with Crippen molar-refractivity contribution in [1.82, 2.24) is 0 Å². The minimum absolute atomic E-state index is 0.0156. The highest BCUT2D eigenvalue weighted by molar-refractivity contribution is 7.14. The summed E-state index contributed by atoms with van der Waals surface area (Å²) in [7, 11) is 0. The summed E-state index contributed by atoms with van der Waals surface area (Å²) in [6, 6.07) is 4.16. The van der Waals surface area contributed by atoms with E-state index in [1.807, 2.05) is 19.9 Å². The Balaban J connectivity index is 2.25. The van der Waals surface area contributed by atoms with Gasteiger partial charge in [0.25, 0.3) is 0 Å². The lowest BCUT2D eigenvalue weighted by molar-refractivity contribution is 0.0928. The summed E-state index contributed by atoms with van der Waals surface area (Å²) in [5, 5.41) is 9.06. The summed E-state index contributed by atoms with van der Waals surface area (Å²) < 4.78 is 0. The number of Topliss-reactive ketones (excluding diaryl/α,β-unsaturated/α-hetero) is 1. The molecule has 1 atom stereocenters. The Bertz CT molecular complexity index is 444. The Morgan fingerprint density at radius 2 is 2.12 bits per heavy atom. The van der Waals surface area contributed by atoms with E-state index >= 15 is 0 Å². The van der Waals surface area contributed by atoms with Crippen LogP contribution < -0.4 is 0 Å². The number of nitriles is 1. The maximum Gasteiger partial charge on any atom is 0.190 e. The van der Waals surface area contributed by atoms with E-state index in [9.17, 15) is 4.79 Å².